The van der Waals surface area contributed by atoms with E-state index < -0.39 is 0 Å². The van der Waals surface area contributed by atoms with Crippen LogP contribution in [0.1, 0.15) is 12.8 Å². The summed E-state index contributed by atoms with van der Waals surface area (Å²) in [6, 6.07) is 0. The number of rotatable bonds is 4. The fourth-order valence-corrected chi connectivity index (χ4v) is 1.12. The third kappa shape index (κ3) is 2.48. The molecule has 0 aromatic rings. The molecule has 1 fully saturated rings. The van der Waals surface area contributed by atoms with Crippen LogP contribution in [0.4, 0.5) is 0 Å². The molecule has 1 rings (SSSR count). The molecular formula is C7H12O4. The first-order chi connectivity index (χ1) is 5.36. The lowest BCUT2D eigenvalue weighted by atomic mass is 10.2. The van der Waals surface area contributed by atoms with Gasteiger partial charge < -0.3 is 14.2 Å². The highest BCUT2D eigenvalue weighted by Gasteiger charge is 2.24. The van der Waals surface area contributed by atoms with Gasteiger partial charge in [0, 0.05) is 13.5 Å². The smallest absolute Gasteiger partial charge is 0.293 e. The Balaban J connectivity index is 2.13. The monoisotopic (exact) mass is 160 g/mol. The number of carbonyl (C=O) groups excluding carboxylic acids is 1. The Kier molecular flexibility index (Phi) is 3.32. The number of hydrogen-bond acceptors (Lipinski definition) is 4. The summed E-state index contributed by atoms with van der Waals surface area (Å²) in [4.78, 5) is 9.80. The third-order valence-corrected chi connectivity index (χ3v) is 1.68. The fourth-order valence-electron chi connectivity index (χ4n) is 1.12. The Bertz CT molecular complexity index is 126. The van der Waals surface area contributed by atoms with Gasteiger partial charge in [-0.25, -0.2) is 0 Å². The van der Waals surface area contributed by atoms with Crippen molar-refractivity contribution in [3.05, 3.63) is 0 Å². The largest absolute Gasteiger partial charge is 0.465 e. The van der Waals surface area contributed by atoms with Crippen LogP contribution in [0.2, 0.25) is 0 Å². The van der Waals surface area contributed by atoms with Crippen LogP contribution in [0.25, 0.3) is 0 Å². The summed E-state index contributed by atoms with van der Waals surface area (Å²) in [5, 5.41) is 0. The van der Waals surface area contributed by atoms with Crippen LogP contribution in [0.5, 0.6) is 0 Å². The topological polar surface area (TPSA) is 44.8 Å². The van der Waals surface area contributed by atoms with E-state index in [1.165, 1.54) is 0 Å². The van der Waals surface area contributed by atoms with Crippen molar-refractivity contribution in [3.63, 3.8) is 0 Å². The maximum atomic E-state index is 9.80. The minimum absolute atomic E-state index is 0.0187. The molecule has 1 aliphatic rings. The van der Waals surface area contributed by atoms with Crippen molar-refractivity contribution in [2.75, 3.05) is 13.7 Å². The molecule has 1 heterocycles. The van der Waals surface area contributed by atoms with E-state index >= 15 is 0 Å². The summed E-state index contributed by atoms with van der Waals surface area (Å²) >= 11 is 0. The van der Waals surface area contributed by atoms with Gasteiger partial charge in [0.05, 0.1) is 6.10 Å². The SMILES string of the molecule is CO[C@H]1CC[C@@H](COC=O)O1. The van der Waals surface area contributed by atoms with Crippen molar-refractivity contribution in [1.29, 1.82) is 0 Å². The molecule has 0 saturated carbocycles. The minimum atomic E-state index is -0.116. The van der Waals surface area contributed by atoms with Crippen LogP contribution in [0.3, 0.4) is 0 Å². The number of methoxy groups -OCH3 is 1. The summed E-state index contributed by atoms with van der Waals surface area (Å²) in [5.74, 6) is 0. The van der Waals surface area contributed by atoms with Crippen LogP contribution in [0.15, 0.2) is 0 Å². The van der Waals surface area contributed by atoms with Gasteiger partial charge in [-0.1, -0.05) is 0 Å². The molecule has 0 N–H and O–H groups in total. The maximum Gasteiger partial charge on any atom is 0.293 e. The van der Waals surface area contributed by atoms with Crippen molar-refractivity contribution in [1.82, 2.24) is 0 Å². The van der Waals surface area contributed by atoms with Crippen LogP contribution < -0.4 is 0 Å². The molecule has 0 unspecified atom stereocenters. The van der Waals surface area contributed by atoms with Crippen molar-refractivity contribution < 1.29 is 19.0 Å². The van der Waals surface area contributed by atoms with E-state index in [0.717, 1.165) is 12.8 Å². The number of ether oxygens (including phenoxy) is 3. The standard InChI is InChI=1S/C7H12O4/c1-9-7-3-2-6(11-7)4-10-5-8/h5-7H,2-4H2,1H3/t6-,7+/m0/s1. The average Bonchev–Trinajstić information content (AvgIpc) is 2.48. The van der Waals surface area contributed by atoms with Crippen molar-refractivity contribution in [2.45, 2.75) is 25.2 Å². The third-order valence-electron chi connectivity index (χ3n) is 1.68. The molecule has 0 aliphatic carbocycles. The molecule has 0 spiro atoms. The summed E-state index contributed by atoms with van der Waals surface area (Å²) in [5.41, 5.74) is 0. The van der Waals surface area contributed by atoms with Crippen LogP contribution in [-0.4, -0.2) is 32.6 Å². The Morgan fingerprint density at radius 3 is 3.00 bits per heavy atom. The quantitative estimate of drug-likeness (QED) is 0.555. The molecular weight excluding hydrogens is 148 g/mol. The second-order valence-corrected chi connectivity index (χ2v) is 2.43. The fraction of sp³-hybridized carbons (Fsp3) is 0.857. The Morgan fingerprint density at radius 1 is 1.64 bits per heavy atom. The van der Waals surface area contributed by atoms with Crippen molar-refractivity contribution in [3.8, 4) is 0 Å². The summed E-state index contributed by atoms with van der Waals surface area (Å²) < 4.78 is 14.8. The molecule has 2 atom stereocenters. The van der Waals surface area contributed by atoms with Crippen molar-refractivity contribution >= 4 is 6.47 Å². The molecule has 11 heavy (non-hydrogen) atoms. The highest BCUT2D eigenvalue weighted by molar-refractivity contribution is 5.36. The van der Waals surface area contributed by atoms with Gasteiger partial charge in [0.1, 0.15) is 6.61 Å². The summed E-state index contributed by atoms with van der Waals surface area (Å²) in [6.07, 6.45) is 1.68. The van der Waals surface area contributed by atoms with E-state index in [2.05, 4.69) is 4.74 Å². The van der Waals surface area contributed by atoms with Gasteiger partial charge >= 0.3 is 0 Å². The van der Waals surface area contributed by atoms with Gasteiger partial charge in [0.2, 0.25) is 0 Å². The predicted octanol–water partition coefficient (Wildman–Crippen LogP) is 0.311. The van der Waals surface area contributed by atoms with Crippen LogP contribution >= 0.6 is 0 Å². The van der Waals surface area contributed by atoms with Gasteiger partial charge in [0.25, 0.3) is 6.47 Å². The van der Waals surface area contributed by atoms with Crippen molar-refractivity contribution in [2.24, 2.45) is 0 Å². The maximum absolute atomic E-state index is 9.80. The molecule has 4 heteroatoms. The van der Waals surface area contributed by atoms with E-state index in [-0.39, 0.29) is 12.4 Å². The van der Waals surface area contributed by atoms with E-state index in [9.17, 15) is 4.79 Å². The van der Waals surface area contributed by atoms with Gasteiger partial charge in [0.15, 0.2) is 6.29 Å². The molecule has 0 aromatic heterocycles. The van der Waals surface area contributed by atoms with Gasteiger partial charge in [-0.15, -0.1) is 0 Å². The molecule has 64 valence electrons. The average molecular weight is 160 g/mol. The number of hydrogen-bond donors (Lipinski definition) is 0. The lowest BCUT2D eigenvalue weighted by Gasteiger charge is -2.10. The zero-order valence-electron chi connectivity index (χ0n) is 6.49. The molecule has 0 aromatic carbocycles. The zero-order chi connectivity index (χ0) is 8.10. The van der Waals surface area contributed by atoms with E-state index in [1.54, 1.807) is 7.11 Å². The molecule has 0 radical (unpaired) electrons. The first-order valence-corrected chi connectivity index (χ1v) is 3.60. The summed E-state index contributed by atoms with van der Waals surface area (Å²) in [6.45, 7) is 0.771. The highest BCUT2D eigenvalue weighted by atomic mass is 16.7. The second-order valence-electron chi connectivity index (χ2n) is 2.43. The Morgan fingerprint density at radius 2 is 2.45 bits per heavy atom. The summed E-state index contributed by atoms with van der Waals surface area (Å²) in [7, 11) is 1.60. The highest BCUT2D eigenvalue weighted by Crippen LogP contribution is 2.19. The predicted molar refractivity (Wildman–Crippen MR) is 36.9 cm³/mol. The molecule has 4 nitrogen and oxygen atoms in total. The van der Waals surface area contributed by atoms with E-state index in [0.29, 0.717) is 13.1 Å². The van der Waals surface area contributed by atoms with E-state index in [4.69, 9.17) is 9.47 Å². The Hall–Kier alpha value is -0.610. The lowest BCUT2D eigenvalue weighted by Crippen LogP contribution is -2.17. The Labute approximate surface area is 65.4 Å². The van der Waals surface area contributed by atoms with Crippen LogP contribution in [-0.2, 0) is 19.0 Å². The molecule has 1 aliphatic heterocycles. The van der Waals surface area contributed by atoms with E-state index in [1.807, 2.05) is 0 Å². The van der Waals surface area contributed by atoms with Gasteiger partial charge in [-0.05, 0) is 6.42 Å². The lowest BCUT2D eigenvalue weighted by molar-refractivity contribution is -0.144. The second kappa shape index (κ2) is 4.31. The normalized spacial score (nSPS) is 30.3. The zero-order valence-corrected chi connectivity index (χ0v) is 6.49. The first-order valence-electron chi connectivity index (χ1n) is 3.60. The minimum Gasteiger partial charge on any atom is -0.465 e. The number of carbonyl (C=O) groups is 1. The van der Waals surface area contributed by atoms with Gasteiger partial charge in [-0.2, -0.15) is 0 Å². The van der Waals surface area contributed by atoms with Gasteiger partial charge in [-0.3, -0.25) is 4.79 Å². The van der Waals surface area contributed by atoms with Crippen LogP contribution in [0, 0.1) is 0 Å². The molecule has 0 amide bonds. The first kappa shape index (κ1) is 8.49. The molecule has 1 saturated heterocycles. The molecule has 0 bridgehead atoms.